The van der Waals surface area contributed by atoms with Crippen molar-refractivity contribution in [3.05, 3.63) is 28.9 Å². The van der Waals surface area contributed by atoms with Gasteiger partial charge in [-0.25, -0.2) is 4.39 Å². The molecule has 0 bridgehead atoms. The van der Waals surface area contributed by atoms with Crippen LogP contribution in [0.3, 0.4) is 0 Å². The summed E-state index contributed by atoms with van der Waals surface area (Å²) in [6, 6.07) is 5.24. The Morgan fingerprint density at radius 1 is 1.33 bits per heavy atom. The number of anilines is 1. The van der Waals surface area contributed by atoms with Crippen molar-refractivity contribution >= 4 is 33.0 Å². The number of benzene rings is 1. The van der Waals surface area contributed by atoms with Gasteiger partial charge in [0.15, 0.2) is 0 Å². The summed E-state index contributed by atoms with van der Waals surface area (Å²) in [6.07, 6.45) is 3.16. The molecule has 2 atom stereocenters. The second-order valence-corrected chi connectivity index (χ2v) is 6.85. The first kappa shape index (κ1) is 14.3. The number of rotatable bonds is 1. The van der Waals surface area contributed by atoms with Gasteiger partial charge in [0.1, 0.15) is 10.7 Å². The highest BCUT2D eigenvalue weighted by Gasteiger charge is 2.32. The van der Waals surface area contributed by atoms with Crippen molar-refractivity contribution in [3.8, 4) is 0 Å². The Bertz CT molecular complexity index is 687. The molecule has 2 aromatic rings. The first-order valence-electron chi connectivity index (χ1n) is 7.30. The van der Waals surface area contributed by atoms with Crippen LogP contribution in [0, 0.1) is 5.82 Å². The minimum atomic E-state index is -0.361. The molecule has 2 heterocycles. The molecule has 0 aliphatic carbocycles. The van der Waals surface area contributed by atoms with Gasteiger partial charge in [-0.05, 0) is 45.2 Å². The molecule has 1 saturated heterocycles. The molecule has 0 radical (unpaired) electrons. The fourth-order valence-corrected chi connectivity index (χ4v) is 4.31. The van der Waals surface area contributed by atoms with Crippen molar-refractivity contribution < 1.29 is 9.18 Å². The summed E-state index contributed by atoms with van der Waals surface area (Å²) in [4.78, 5) is 15.2. The molecule has 2 N–H and O–H groups in total. The quantitative estimate of drug-likeness (QED) is 0.864. The lowest BCUT2D eigenvalue weighted by molar-refractivity contribution is 0.0517. The number of nitrogens with zero attached hydrogens (tertiary/aromatic N) is 1. The second-order valence-electron chi connectivity index (χ2n) is 5.80. The Hall–Kier alpha value is -1.62. The second kappa shape index (κ2) is 5.30. The lowest BCUT2D eigenvalue weighted by Gasteiger charge is -2.38. The van der Waals surface area contributed by atoms with Gasteiger partial charge in [0.2, 0.25) is 0 Å². The average Bonchev–Trinajstić information content (AvgIpc) is 2.77. The molecule has 0 spiro atoms. The molecule has 1 fully saturated rings. The monoisotopic (exact) mass is 306 g/mol. The molecule has 3 nitrogen and oxygen atoms in total. The van der Waals surface area contributed by atoms with E-state index in [1.54, 1.807) is 12.1 Å². The molecule has 1 aliphatic heterocycles. The standard InChI is InChI=1S/C16H19FN2OS/c1-9-5-3-6-10(2)19(9)16(20)15-14(18)13-11(17)7-4-8-12(13)21-15/h4,7-10H,3,5-6,18H2,1-2H3. The minimum Gasteiger partial charge on any atom is -0.397 e. The summed E-state index contributed by atoms with van der Waals surface area (Å²) in [5.41, 5.74) is 6.34. The number of hydrogen-bond donors (Lipinski definition) is 1. The van der Waals surface area contributed by atoms with E-state index in [4.69, 9.17) is 5.73 Å². The zero-order valence-corrected chi connectivity index (χ0v) is 13.0. The van der Waals surface area contributed by atoms with E-state index in [-0.39, 0.29) is 29.5 Å². The van der Waals surface area contributed by atoms with Crippen LogP contribution in [0.2, 0.25) is 0 Å². The molecule has 112 valence electrons. The normalized spacial score (nSPS) is 22.7. The fourth-order valence-electron chi connectivity index (χ4n) is 3.23. The maximum Gasteiger partial charge on any atom is 0.266 e. The lowest BCUT2D eigenvalue weighted by atomic mass is 9.97. The van der Waals surface area contributed by atoms with Crippen molar-refractivity contribution in [1.82, 2.24) is 4.90 Å². The summed E-state index contributed by atoms with van der Waals surface area (Å²) < 4.78 is 14.7. The maximum atomic E-state index is 13.9. The predicted octanol–water partition coefficient (Wildman–Crippen LogP) is 4.03. The zero-order chi connectivity index (χ0) is 15.1. The van der Waals surface area contributed by atoms with Gasteiger partial charge < -0.3 is 10.6 Å². The van der Waals surface area contributed by atoms with Crippen LogP contribution in [0.15, 0.2) is 18.2 Å². The van der Waals surface area contributed by atoms with Crippen LogP contribution in [0.4, 0.5) is 10.1 Å². The number of amides is 1. The van der Waals surface area contributed by atoms with Gasteiger partial charge in [-0.2, -0.15) is 0 Å². The van der Waals surface area contributed by atoms with E-state index in [1.807, 2.05) is 4.90 Å². The molecule has 1 aromatic heterocycles. The summed E-state index contributed by atoms with van der Waals surface area (Å²) >= 11 is 1.29. The molecule has 0 saturated carbocycles. The Labute approximate surface area is 127 Å². The third kappa shape index (κ3) is 2.29. The first-order valence-corrected chi connectivity index (χ1v) is 8.11. The van der Waals surface area contributed by atoms with Crippen molar-refractivity contribution in [3.63, 3.8) is 0 Å². The van der Waals surface area contributed by atoms with Gasteiger partial charge in [0.05, 0.1) is 11.1 Å². The van der Waals surface area contributed by atoms with Crippen LogP contribution in [0.5, 0.6) is 0 Å². The van der Waals surface area contributed by atoms with E-state index < -0.39 is 0 Å². The van der Waals surface area contributed by atoms with Crippen molar-refractivity contribution in [2.24, 2.45) is 0 Å². The summed E-state index contributed by atoms with van der Waals surface area (Å²) in [7, 11) is 0. The number of likely N-dealkylation sites (tertiary alicyclic amines) is 1. The van der Waals surface area contributed by atoms with E-state index in [2.05, 4.69) is 13.8 Å². The number of carbonyl (C=O) groups excluding carboxylic acids is 1. The van der Waals surface area contributed by atoms with Crippen molar-refractivity contribution in [2.45, 2.75) is 45.2 Å². The number of halogens is 1. The van der Waals surface area contributed by atoms with Crippen LogP contribution < -0.4 is 5.73 Å². The van der Waals surface area contributed by atoms with Crippen LogP contribution in [0.25, 0.3) is 10.1 Å². The Morgan fingerprint density at radius 2 is 2.00 bits per heavy atom. The molecule has 1 amide bonds. The highest BCUT2D eigenvalue weighted by Crippen LogP contribution is 2.37. The van der Waals surface area contributed by atoms with Gasteiger partial charge in [-0.1, -0.05) is 6.07 Å². The topological polar surface area (TPSA) is 46.3 Å². The highest BCUT2D eigenvalue weighted by atomic mass is 32.1. The minimum absolute atomic E-state index is 0.0622. The maximum absolute atomic E-state index is 13.9. The lowest BCUT2D eigenvalue weighted by Crippen LogP contribution is -2.47. The fraction of sp³-hybridized carbons (Fsp3) is 0.438. The van der Waals surface area contributed by atoms with Gasteiger partial charge in [-0.3, -0.25) is 4.79 Å². The smallest absolute Gasteiger partial charge is 0.266 e. The molecule has 21 heavy (non-hydrogen) atoms. The van der Waals surface area contributed by atoms with Gasteiger partial charge in [0, 0.05) is 16.8 Å². The van der Waals surface area contributed by atoms with Crippen LogP contribution >= 0.6 is 11.3 Å². The van der Waals surface area contributed by atoms with E-state index >= 15 is 0 Å². The third-order valence-electron chi connectivity index (χ3n) is 4.32. The van der Waals surface area contributed by atoms with Crippen LogP contribution in [0.1, 0.15) is 42.8 Å². The molecular formula is C16H19FN2OS. The molecule has 5 heteroatoms. The van der Waals surface area contributed by atoms with Crippen molar-refractivity contribution in [1.29, 1.82) is 0 Å². The van der Waals surface area contributed by atoms with Crippen molar-refractivity contribution in [2.75, 3.05) is 5.73 Å². The highest BCUT2D eigenvalue weighted by molar-refractivity contribution is 7.21. The number of fused-ring (bicyclic) bond motifs is 1. The Balaban J connectivity index is 2.05. The summed E-state index contributed by atoms with van der Waals surface area (Å²) in [5.74, 6) is -0.423. The Morgan fingerprint density at radius 3 is 2.62 bits per heavy atom. The van der Waals surface area contributed by atoms with Gasteiger partial charge in [0.25, 0.3) is 5.91 Å². The Kier molecular flexibility index (Phi) is 3.61. The molecule has 3 rings (SSSR count). The first-order chi connectivity index (χ1) is 10.0. The predicted molar refractivity (Wildman–Crippen MR) is 85.1 cm³/mol. The number of piperidine rings is 1. The molecule has 1 aromatic carbocycles. The zero-order valence-electron chi connectivity index (χ0n) is 12.2. The van der Waals surface area contributed by atoms with Crippen LogP contribution in [-0.2, 0) is 0 Å². The molecular weight excluding hydrogens is 287 g/mol. The largest absolute Gasteiger partial charge is 0.397 e. The number of nitrogens with two attached hydrogens (primary N) is 1. The summed E-state index contributed by atoms with van der Waals surface area (Å²) in [5, 5.41) is 0.378. The van der Waals surface area contributed by atoms with E-state index in [0.29, 0.717) is 10.3 Å². The average molecular weight is 306 g/mol. The number of nitrogen functional groups attached to an aromatic ring is 1. The van der Waals surface area contributed by atoms with E-state index in [0.717, 1.165) is 24.0 Å². The van der Waals surface area contributed by atoms with E-state index in [9.17, 15) is 9.18 Å². The van der Waals surface area contributed by atoms with Crippen LogP contribution in [-0.4, -0.2) is 22.9 Å². The number of carbonyl (C=O) groups is 1. The summed E-state index contributed by atoms with van der Waals surface area (Å²) in [6.45, 7) is 4.13. The SMILES string of the molecule is CC1CCCC(C)N1C(=O)c1sc2cccc(F)c2c1N. The van der Waals surface area contributed by atoms with Gasteiger partial charge in [-0.15, -0.1) is 11.3 Å². The molecule has 2 unspecified atom stereocenters. The molecule has 1 aliphatic rings. The number of hydrogen-bond acceptors (Lipinski definition) is 3. The third-order valence-corrected chi connectivity index (χ3v) is 5.48. The van der Waals surface area contributed by atoms with E-state index in [1.165, 1.54) is 17.4 Å². The number of thiophene rings is 1. The van der Waals surface area contributed by atoms with Gasteiger partial charge >= 0.3 is 0 Å².